The highest BCUT2D eigenvalue weighted by atomic mass is 16.5. The first kappa shape index (κ1) is 25.6. The minimum Gasteiger partial charge on any atom is -0.497 e. The second kappa shape index (κ2) is 11.2. The van der Waals surface area contributed by atoms with Crippen molar-refractivity contribution in [3.05, 3.63) is 106 Å². The molecule has 1 saturated heterocycles. The molecule has 1 N–H and O–H groups in total. The van der Waals surface area contributed by atoms with Gasteiger partial charge in [0.25, 0.3) is 5.56 Å². The molecule has 1 atom stereocenters. The Labute approximate surface area is 231 Å². The fraction of sp³-hybridized carbons (Fsp3) is 0.267. The van der Waals surface area contributed by atoms with Crippen molar-refractivity contribution in [2.24, 2.45) is 0 Å². The van der Waals surface area contributed by atoms with Crippen LogP contribution in [0.15, 0.2) is 83.7 Å². The second-order valence-electron chi connectivity index (χ2n) is 9.81. The van der Waals surface area contributed by atoms with E-state index in [2.05, 4.69) is 42.4 Å². The Kier molecular flexibility index (Phi) is 7.15. The first-order chi connectivity index (χ1) is 19.6. The van der Waals surface area contributed by atoms with E-state index in [0.29, 0.717) is 23.7 Å². The maximum atomic E-state index is 13.6. The van der Waals surface area contributed by atoms with Crippen LogP contribution in [0.3, 0.4) is 0 Å². The number of benzene rings is 3. The van der Waals surface area contributed by atoms with Gasteiger partial charge in [-0.2, -0.15) is 0 Å². The first-order valence-electron chi connectivity index (χ1n) is 13.3. The Morgan fingerprint density at radius 1 is 0.875 bits per heavy atom. The largest absolute Gasteiger partial charge is 0.497 e. The van der Waals surface area contributed by atoms with E-state index >= 15 is 0 Å². The summed E-state index contributed by atoms with van der Waals surface area (Å²) in [6, 6.07) is 25.4. The number of aromatic nitrogens is 5. The second-order valence-corrected chi connectivity index (χ2v) is 9.81. The fourth-order valence-electron chi connectivity index (χ4n) is 5.33. The SMILES string of the molecule is COc1ccc(N2CCN([C@H](c3cc4ccc(OC)cc4[nH]c3=O)c3nnnn3Cc3ccccc3)CC2)cc1. The van der Waals surface area contributed by atoms with Gasteiger partial charge in [-0.05, 0) is 63.8 Å². The number of tetrazole rings is 1. The van der Waals surface area contributed by atoms with Crippen molar-refractivity contribution >= 4 is 16.6 Å². The molecule has 5 aromatic rings. The maximum absolute atomic E-state index is 13.6. The molecule has 0 bridgehead atoms. The number of hydrogen-bond donors (Lipinski definition) is 1. The van der Waals surface area contributed by atoms with Crippen LogP contribution in [0.4, 0.5) is 5.69 Å². The molecule has 10 heteroatoms. The van der Waals surface area contributed by atoms with Gasteiger partial charge >= 0.3 is 0 Å². The lowest BCUT2D eigenvalue weighted by Crippen LogP contribution is -2.49. The highest BCUT2D eigenvalue weighted by molar-refractivity contribution is 5.80. The monoisotopic (exact) mass is 537 g/mol. The number of nitrogens with one attached hydrogen (secondary N) is 1. The van der Waals surface area contributed by atoms with Crippen LogP contribution in [0.2, 0.25) is 0 Å². The quantitative estimate of drug-likeness (QED) is 0.321. The number of H-pyrrole nitrogens is 1. The lowest BCUT2D eigenvalue weighted by atomic mass is 10.0. The fourth-order valence-corrected chi connectivity index (χ4v) is 5.33. The minimum atomic E-state index is -0.424. The number of aromatic amines is 1. The summed E-state index contributed by atoms with van der Waals surface area (Å²) < 4.78 is 12.5. The number of anilines is 1. The molecule has 0 radical (unpaired) electrons. The van der Waals surface area contributed by atoms with E-state index in [0.717, 1.165) is 54.1 Å². The molecule has 1 aliphatic heterocycles. The lowest BCUT2D eigenvalue weighted by Gasteiger charge is -2.39. The zero-order chi connectivity index (χ0) is 27.5. The molecule has 0 spiro atoms. The van der Waals surface area contributed by atoms with Crippen LogP contribution >= 0.6 is 0 Å². The summed E-state index contributed by atoms with van der Waals surface area (Å²) in [6.45, 7) is 3.57. The van der Waals surface area contributed by atoms with Gasteiger partial charge in [0.05, 0.1) is 26.3 Å². The summed E-state index contributed by atoms with van der Waals surface area (Å²) in [4.78, 5) is 21.3. The van der Waals surface area contributed by atoms with Crippen molar-refractivity contribution in [1.82, 2.24) is 30.1 Å². The number of piperazine rings is 1. The number of rotatable bonds is 8. The van der Waals surface area contributed by atoms with Crippen LogP contribution in [-0.2, 0) is 6.54 Å². The van der Waals surface area contributed by atoms with Crippen LogP contribution in [0.5, 0.6) is 11.5 Å². The van der Waals surface area contributed by atoms with E-state index in [1.807, 2.05) is 66.7 Å². The number of ether oxygens (including phenoxy) is 2. The normalized spacial score (nSPS) is 14.8. The molecule has 1 aliphatic rings. The molecule has 3 aromatic carbocycles. The topological polar surface area (TPSA) is 101 Å². The van der Waals surface area contributed by atoms with Gasteiger partial charge in [-0.25, -0.2) is 4.68 Å². The molecule has 0 aliphatic carbocycles. The molecule has 2 aromatic heterocycles. The van der Waals surface area contributed by atoms with Crippen molar-refractivity contribution < 1.29 is 9.47 Å². The minimum absolute atomic E-state index is 0.169. The molecular formula is C30H31N7O3. The number of pyridine rings is 1. The first-order valence-corrected chi connectivity index (χ1v) is 13.3. The van der Waals surface area contributed by atoms with Gasteiger partial charge in [0.2, 0.25) is 0 Å². The van der Waals surface area contributed by atoms with Crippen LogP contribution in [0.1, 0.15) is 23.0 Å². The summed E-state index contributed by atoms with van der Waals surface area (Å²) in [6.07, 6.45) is 0. The third-order valence-electron chi connectivity index (χ3n) is 7.47. The molecule has 204 valence electrons. The van der Waals surface area contributed by atoms with Crippen molar-refractivity contribution in [2.45, 2.75) is 12.6 Å². The van der Waals surface area contributed by atoms with E-state index in [4.69, 9.17) is 9.47 Å². The predicted molar refractivity (Wildman–Crippen MR) is 153 cm³/mol. The van der Waals surface area contributed by atoms with Gasteiger partial charge in [-0.15, -0.1) is 5.10 Å². The van der Waals surface area contributed by atoms with Crippen LogP contribution in [0, 0.1) is 0 Å². The Morgan fingerprint density at radius 2 is 1.60 bits per heavy atom. The van der Waals surface area contributed by atoms with E-state index in [-0.39, 0.29) is 5.56 Å². The molecule has 0 saturated carbocycles. The Balaban J connectivity index is 1.36. The van der Waals surface area contributed by atoms with Crippen LogP contribution in [-0.4, -0.2) is 70.5 Å². The highest BCUT2D eigenvalue weighted by Crippen LogP contribution is 2.30. The Hall–Kier alpha value is -4.70. The van der Waals surface area contributed by atoms with Gasteiger partial charge in [0.15, 0.2) is 5.82 Å². The van der Waals surface area contributed by atoms with Crippen molar-refractivity contribution in [1.29, 1.82) is 0 Å². The zero-order valence-electron chi connectivity index (χ0n) is 22.5. The highest BCUT2D eigenvalue weighted by Gasteiger charge is 2.33. The zero-order valence-corrected chi connectivity index (χ0v) is 22.5. The number of fused-ring (bicyclic) bond motifs is 1. The molecule has 0 unspecified atom stereocenters. The molecule has 3 heterocycles. The summed E-state index contributed by atoms with van der Waals surface area (Å²) in [7, 11) is 3.28. The molecule has 6 rings (SSSR count). The van der Waals surface area contributed by atoms with Gasteiger partial charge in [0.1, 0.15) is 17.5 Å². The van der Waals surface area contributed by atoms with E-state index in [1.54, 1.807) is 18.9 Å². The molecular weight excluding hydrogens is 506 g/mol. The standard InChI is InChI=1S/C30H31N7O3/c1-39-24-12-9-23(10-13-24)35-14-16-36(17-15-35)28(29-32-33-34-37(29)20-21-6-4-3-5-7-21)26-18-22-8-11-25(40-2)19-27(22)31-30(26)38/h3-13,18-19,28H,14-17,20H2,1-2H3,(H,31,38)/t28-/m1/s1. The number of nitrogens with zero attached hydrogens (tertiary/aromatic N) is 6. The van der Waals surface area contributed by atoms with Crippen molar-refractivity contribution in [3.63, 3.8) is 0 Å². The number of methoxy groups -OCH3 is 2. The Bertz CT molecular complexity index is 1640. The van der Waals surface area contributed by atoms with Gasteiger partial charge < -0.3 is 19.4 Å². The van der Waals surface area contributed by atoms with Gasteiger partial charge in [-0.1, -0.05) is 30.3 Å². The third-order valence-corrected chi connectivity index (χ3v) is 7.47. The van der Waals surface area contributed by atoms with E-state index < -0.39 is 6.04 Å². The van der Waals surface area contributed by atoms with Crippen molar-refractivity contribution in [3.8, 4) is 11.5 Å². The van der Waals surface area contributed by atoms with Crippen molar-refractivity contribution in [2.75, 3.05) is 45.3 Å². The molecule has 1 fully saturated rings. The third kappa shape index (κ3) is 5.13. The van der Waals surface area contributed by atoms with Crippen LogP contribution < -0.4 is 19.9 Å². The number of hydrogen-bond acceptors (Lipinski definition) is 8. The van der Waals surface area contributed by atoms with Crippen LogP contribution in [0.25, 0.3) is 10.9 Å². The summed E-state index contributed by atoms with van der Waals surface area (Å²) in [5.41, 5.74) is 3.39. The Morgan fingerprint density at radius 3 is 2.33 bits per heavy atom. The maximum Gasteiger partial charge on any atom is 0.253 e. The average Bonchev–Trinajstić information content (AvgIpc) is 3.45. The lowest BCUT2D eigenvalue weighted by molar-refractivity contribution is 0.200. The average molecular weight is 538 g/mol. The summed E-state index contributed by atoms with van der Waals surface area (Å²) >= 11 is 0. The molecule has 10 nitrogen and oxygen atoms in total. The molecule has 40 heavy (non-hydrogen) atoms. The van der Waals surface area contributed by atoms with Gasteiger partial charge in [0, 0.05) is 43.5 Å². The van der Waals surface area contributed by atoms with E-state index in [9.17, 15) is 4.79 Å². The molecule has 0 amide bonds. The predicted octanol–water partition coefficient (Wildman–Crippen LogP) is 3.49. The summed E-state index contributed by atoms with van der Waals surface area (Å²) in [5, 5.41) is 13.7. The van der Waals surface area contributed by atoms with E-state index in [1.165, 1.54) is 0 Å². The smallest absolute Gasteiger partial charge is 0.253 e. The van der Waals surface area contributed by atoms with Gasteiger partial charge in [-0.3, -0.25) is 9.69 Å². The summed E-state index contributed by atoms with van der Waals surface area (Å²) in [5.74, 6) is 2.16.